The highest BCUT2D eigenvalue weighted by Crippen LogP contribution is 2.13. The SMILES string of the molecule is CC(CNC(=O)Cn1c(=O)oc2ccccc21)c1ccccc1. The molecule has 1 heterocycles. The van der Waals surface area contributed by atoms with Gasteiger partial charge in [0.25, 0.3) is 0 Å². The van der Waals surface area contributed by atoms with Gasteiger partial charge in [-0.2, -0.15) is 0 Å². The summed E-state index contributed by atoms with van der Waals surface area (Å²) < 4.78 is 6.47. The van der Waals surface area contributed by atoms with E-state index in [4.69, 9.17) is 4.42 Å². The maximum atomic E-state index is 12.1. The number of hydrogen-bond acceptors (Lipinski definition) is 3. The van der Waals surface area contributed by atoms with Crippen LogP contribution in [-0.2, 0) is 11.3 Å². The van der Waals surface area contributed by atoms with Crippen LogP contribution in [0.5, 0.6) is 0 Å². The number of nitrogens with zero attached hydrogens (tertiary/aromatic N) is 1. The zero-order valence-electron chi connectivity index (χ0n) is 12.9. The first-order chi connectivity index (χ1) is 11.1. The van der Waals surface area contributed by atoms with Gasteiger partial charge < -0.3 is 9.73 Å². The van der Waals surface area contributed by atoms with E-state index in [2.05, 4.69) is 12.2 Å². The van der Waals surface area contributed by atoms with Crippen molar-refractivity contribution in [3.8, 4) is 0 Å². The van der Waals surface area contributed by atoms with Crippen LogP contribution in [-0.4, -0.2) is 17.0 Å². The van der Waals surface area contributed by atoms with Crippen molar-refractivity contribution in [1.82, 2.24) is 9.88 Å². The molecule has 3 rings (SSSR count). The lowest BCUT2D eigenvalue weighted by Crippen LogP contribution is -2.33. The van der Waals surface area contributed by atoms with Gasteiger partial charge in [0.1, 0.15) is 6.54 Å². The van der Waals surface area contributed by atoms with Gasteiger partial charge in [0.05, 0.1) is 5.52 Å². The third kappa shape index (κ3) is 3.34. The Morgan fingerprint density at radius 2 is 1.83 bits per heavy atom. The Morgan fingerprint density at radius 1 is 1.13 bits per heavy atom. The number of nitrogens with one attached hydrogen (secondary N) is 1. The van der Waals surface area contributed by atoms with Gasteiger partial charge in [-0.25, -0.2) is 4.79 Å². The molecule has 0 saturated carbocycles. The molecule has 0 bridgehead atoms. The zero-order chi connectivity index (χ0) is 16.2. The first-order valence-electron chi connectivity index (χ1n) is 7.55. The standard InChI is InChI=1S/C18H18N2O3/c1-13(14-7-3-2-4-8-14)11-19-17(21)12-20-15-9-5-6-10-16(15)23-18(20)22/h2-10,13H,11-12H2,1H3,(H,19,21). The van der Waals surface area contributed by atoms with Gasteiger partial charge in [-0.1, -0.05) is 49.4 Å². The number of aromatic nitrogens is 1. The van der Waals surface area contributed by atoms with Crippen molar-refractivity contribution in [2.45, 2.75) is 19.4 Å². The molecule has 0 radical (unpaired) electrons. The molecule has 1 amide bonds. The van der Waals surface area contributed by atoms with Gasteiger partial charge in [0, 0.05) is 6.54 Å². The van der Waals surface area contributed by atoms with Crippen molar-refractivity contribution in [2.24, 2.45) is 0 Å². The summed E-state index contributed by atoms with van der Waals surface area (Å²) in [6.07, 6.45) is 0. The van der Waals surface area contributed by atoms with Crippen molar-refractivity contribution in [3.63, 3.8) is 0 Å². The lowest BCUT2D eigenvalue weighted by molar-refractivity contribution is -0.121. The zero-order valence-corrected chi connectivity index (χ0v) is 12.9. The van der Waals surface area contributed by atoms with E-state index < -0.39 is 5.76 Å². The minimum Gasteiger partial charge on any atom is -0.408 e. The molecule has 23 heavy (non-hydrogen) atoms. The minimum absolute atomic E-state index is 0.0443. The predicted molar refractivity (Wildman–Crippen MR) is 88.3 cm³/mol. The fourth-order valence-corrected chi connectivity index (χ4v) is 2.53. The highest BCUT2D eigenvalue weighted by atomic mass is 16.4. The lowest BCUT2D eigenvalue weighted by Gasteiger charge is -2.13. The van der Waals surface area contributed by atoms with E-state index in [0.717, 1.165) is 0 Å². The topological polar surface area (TPSA) is 64.2 Å². The molecule has 1 aromatic heterocycles. The predicted octanol–water partition coefficient (Wildman–Crippen LogP) is 2.51. The van der Waals surface area contributed by atoms with Gasteiger partial charge in [-0.3, -0.25) is 9.36 Å². The summed E-state index contributed by atoms with van der Waals surface area (Å²) in [7, 11) is 0. The Kier molecular flexibility index (Phi) is 4.28. The summed E-state index contributed by atoms with van der Waals surface area (Å²) in [5.74, 6) is -0.517. The van der Waals surface area contributed by atoms with Crippen molar-refractivity contribution in [2.75, 3.05) is 6.54 Å². The van der Waals surface area contributed by atoms with Crippen molar-refractivity contribution >= 4 is 17.0 Å². The lowest BCUT2D eigenvalue weighted by atomic mass is 10.0. The Morgan fingerprint density at radius 3 is 2.61 bits per heavy atom. The smallest absolute Gasteiger partial charge is 0.408 e. The Labute approximate surface area is 133 Å². The minimum atomic E-state index is -0.516. The molecule has 0 aliphatic carbocycles. The fraction of sp³-hybridized carbons (Fsp3) is 0.222. The molecule has 118 valence electrons. The van der Waals surface area contributed by atoms with E-state index >= 15 is 0 Å². The highest BCUT2D eigenvalue weighted by molar-refractivity contribution is 5.79. The molecule has 0 fully saturated rings. The number of carbonyl (C=O) groups is 1. The van der Waals surface area contributed by atoms with Crippen LogP contribution in [0.4, 0.5) is 0 Å². The van der Waals surface area contributed by atoms with Gasteiger partial charge >= 0.3 is 5.76 Å². The van der Waals surface area contributed by atoms with Crippen LogP contribution in [0.1, 0.15) is 18.4 Å². The second-order valence-electron chi connectivity index (χ2n) is 5.54. The number of carbonyl (C=O) groups excluding carboxylic acids is 1. The molecule has 5 heteroatoms. The van der Waals surface area contributed by atoms with Crippen LogP contribution >= 0.6 is 0 Å². The first-order valence-corrected chi connectivity index (χ1v) is 7.55. The Hall–Kier alpha value is -2.82. The van der Waals surface area contributed by atoms with Crippen LogP contribution in [0, 0.1) is 0 Å². The highest BCUT2D eigenvalue weighted by Gasteiger charge is 2.13. The van der Waals surface area contributed by atoms with E-state index in [9.17, 15) is 9.59 Å². The normalized spacial score (nSPS) is 12.2. The summed E-state index contributed by atoms with van der Waals surface area (Å²) in [5.41, 5.74) is 2.28. The maximum Gasteiger partial charge on any atom is 0.420 e. The number of fused-ring (bicyclic) bond motifs is 1. The number of amides is 1. The second-order valence-corrected chi connectivity index (χ2v) is 5.54. The summed E-state index contributed by atoms with van der Waals surface area (Å²) >= 11 is 0. The van der Waals surface area contributed by atoms with Gasteiger partial charge in [0.15, 0.2) is 5.58 Å². The summed E-state index contributed by atoms with van der Waals surface area (Å²) in [6.45, 7) is 2.53. The van der Waals surface area contributed by atoms with E-state index in [0.29, 0.717) is 17.6 Å². The number of hydrogen-bond donors (Lipinski definition) is 1. The maximum absolute atomic E-state index is 12.1. The summed E-state index contributed by atoms with van der Waals surface area (Å²) in [6, 6.07) is 17.1. The Balaban J connectivity index is 1.65. The monoisotopic (exact) mass is 310 g/mol. The molecule has 0 aliphatic heterocycles. The van der Waals surface area contributed by atoms with Crippen LogP contribution in [0.2, 0.25) is 0 Å². The van der Waals surface area contributed by atoms with E-state index in [1.54, 1.807) is 18.2 Å². The quantitative estimate of drug-likeness (QED) is 0.787. The van der Waals surface area contributed by atoms with Crippen LogP contribution in [0.25, 0.3) is 11.1 Å². The largest absolute Gasteiger partial charge is 0.420 e. The van der Waals surface area contributed by atoms with Crippen molar-refractivity contribution in [1.29, 1.82) is 0 Å². The molecule has 5 nitrogen and oxygen atoms in total. The van der Waals surface area contributed by atoms with Gasteiger partial charge in [0.2, 0.25) is 5.91 Å². The fourth-order valence-electron chi connectivity index (χ4n) is 2.53. The van der Waals surface area contributed by atoms with Gasteiger partial charge in [-0.15, -0.1) is 0 Å². The molecule has 0 spiro atoms. The van der Waals surface area contributed by atoms with Crippen LogP contribution in [0.15, 0.2) is 63.8 Å². The van der Waals surface area contributed by atoms with Crippen LogP contribution in [0.3, 0.4) is 0 Å². The second kappa shape index (κ2) is 6.52. The number of rotatable bonds is 5. The van der Waals surface area contributed by atoms with E-state index in [1.165, 1.54) is 10.1 Å². The summed E-state index contributed by atoms with van der Waals surface area (Å²) in [5, 5.41) is 2.87. The molecule has 1 atom stereocenters. The Bertz CT molecular complexity index is 865. The molecule has 3 aromatic rings. The molecular weight excluding hydrogens is 292 g/mol. The van der Waals surface area contributed by atoms with E-state index in [1.807, 2.05) is 36.4 Å². The molecule has 0 saturated heterocycles. The number of oxazole rings is 1. The van der Waals surface area contributed by atoms with Crippen molar-refractivity contribution < 1.29 is 9.21 Å². The van der Waals surface area contributed by atoms with Gasteiger partial charge in [-0.05, 0) is 23.6 Å². The molecule has 2 aromatic carbocycles. The number of para-hydroxylation sites is 2. The van der Waals surface area contributed by atoms with E-state index in [-0.39, 0.29) is 18.4 Å². The first kappa shape index (κ1) is 15.1. The average molecular weight is 310 g/mol. The molecule has 1 unspecified atom stereocenters. The molecule has 1 N–H and O–H groups in total. The van der Waals surface area contributed by atoms with Crippen molar-refractivity contribution in [3.05, 3.63) is 70.7 Å². The third-order valence-corrected chi connectivity index (χ3v) is 3.85. The molecular formula is C18H18N2O3. The number of benzene rings is 2. The summed E-state index contributed by atoms with van der Waals surface area (Å²) in [4.78, 5) is 24.0. The molecule has 0 aliphatic rings. The van der Waals surface area contributed by atoms with Crippen LogP contribution < -0.4 is 11.1 Å². The average Bonchev–Trinajstić information content (AvgIpc) is 2.89. The third-order valence-electron chi connectivity index (χ3n) is 3.85.